The van der Waals surface area contributed by atoms with Crippen molar-refractivity contribution in [2.75, 3.05) is 0 Å². The van der Waals surface area contributed by atoms with Crippen LogP contribution in [0.1, 0.15) is 63.7 Å². The van der Waals surface area contributed by atoms with Crippen molar-refractivity contribution in [2.24, 2.45) is 5.73 Å². The first-order valence-corrected chi connectivity index (χ1v) is 16.0. The molecule has 8 nitrogen and oxygen atoms in total. The van der Waals surface area contributed by atoms with Crippen LogP contribution in [0.5, 0.6) is 0 Å². The number of aromatic nitrogens is 6. The van der Waals surface area contributed by atoms with Gasteiger partial charge < -0.3 is 10.5 Å². The van der Waals surface area contributed by atoms with Crippen LogP contribution in [-0.4, -0.2) is 30.0 Å². The minimum absolute atomic E-state index is 0.108. The minimum Gasteiger partial charge on any atom is -0.369 e. The lowest BCUT2D eigenvalue weighted by Crippen LogP contribution is -2.11. The Morgan fingerprint density at radius 1 is 0.543 bits per heavy atom. The lowest BCUT2D eigenvalue weighted by atomic mass is 9.98. The van der Waals surface area contributed by atoms with Crippen molar-refractivity contribution in [3.8, 4) is 0 Å². The van der Waals surface area contributed by atoms with Crippen LogP contribution in [0, 0.1) is 0 Å². The summed E-state index contributed by atoms with van der Waals surface area (Å²) in [5, 5.41) is 17.1. The topological polar surface area (TPSA) is 96.7 Å². The van der Waals surface area contributed by atoms with Crippen molar-refractivity contribution in [2.45, 2.75) is 64.4 Å². The third-order valence-corrected chi connectivity index (χ3v) is 8.15. The molecule has 0 spiro atoms. The number of hydrogen-bond acceptors (Lipinski definition) is 6. The summed E-state index contributed by atoms with van der Waals surface area (Å²) >= 11 is 0. The van der Waals surface area contributed by atoms with Crippen molar-refractivity contribution in [1.29, 1.82) is 0 Å². The smallest absolute Gasteiger partial charge is 0.108 e. The first kappa shape index (κ1) is 31.1. The molecule has 0 radical (unpaired) electrons. The molecule has 2 N–H and O–H groups in total. The Morgan fingerprint density at radius 3 is 1.57 bits per heavy atom. The van der Waals surface area contributed by atoms with Crippen molar-refractivity contribution < 1.29 is 4.74 Å². The Labute approximate surface area is 270 Å². The molecule has 1 atom stereocenters. The molecular formula is C38H41N7O. The second-order valence-corrected chi connectivity index (χ2v) is 11.8. The highest BCUT2D eigenvalue weighted by Crippen LogP contribution is 2.20. The van der Waals surface area contributed by atoms with Gasteiger partial charge in [0, 0.05) is 13.1 Å². The zero-order chi connectivity index (χ0) is 31.4. The fourth-order valence-electron chi connectivity index (χ4n) is 5.58. The van der Waals surface area contributed by atoms with Crippen molar-refractivity contribution >= 4 is 0 Å². The van der Waals surface area contributed by atoms with E-state index in [9.17, 15) is 0 Å². The highest BCUT2D eigenvalue weighted by atomic mass is 16.5. The van der Waals surface area contributed by atoms with E-state index >= 15 is 0 Å². The van der Waals surface area contributed by atoms with Gasteiger partial charge in [0.2, 0.25) is 0 Å². The van der Waals surface area contributed by atoms with Crippen LogP contribution in [0.2, 0.25) is 0 Å². The number of aryl methyl sites for hydroxylation is 4. The van der Waals surface area contributed by atoms with E-state index in [0.717, 1.165) is 67.7 Å². The maximum absolute atomic E-state index is 6.43. The number of nitrogens with zero attached hydrogens (tertiary/aromatic N) is 6. The lowest BCUT2D eigenvalue weighted by molar-refractivity contribution is 0.102. The van der Waals surface area contributed by atoms with Gasteiger partial charge in [-0.05, 0) is 65.5 Å². The predicted octanol–water partition coefficient (Wildman–Crippen LogP) is 6.49. The average molecular weight is 612 g/mol. The van der Waals surface area contributed by atoms with Crippen molar-refractivity contribution in [1.82, 2.24) is 30.0 Å². The van der Waals surface area contributed by atoms with Gasteiger partial charge in [-0.15, -0.1) is 10.2 Å². The molecule has 0 bridgehead atoms. The summed E-state index contributed by atoms with van der Waals surface area (Å²) in [5.41, 5.74) is 15.6. The highest BCUT2D eigenvalue weighted by Gasteiger charge is 2.09. The summed E-state index contributed by atoms with van der Waals surface area (Å²) in [6.45, 7) is 2.39. The molecule has 0 amide bonds. The summed E-state index contributed by atoms with van der Waals surface area (Å²) in [4.78, 5) is 0. The van der Waals surface area contributed by atoms with Gasteiger partial charge >= 0.3 is 0 Å². The van der Waals surface area contributed by atoms with Crippen LogP contribution in [0.3, 0.4) is 0 Å². The normalized spacial score (nSPS) is 11.9. The predicted molar refractivity (Wildman–Crippen MR) is 180 cm³/mol. The van der Waals surface area contributed by atoms with Gasteiger partial charge in [0.1, 0.15) is 11.4 Å². The Kier molecular flexibility index (Phi) is 10.7. The number of ether oxygens (including phenoxy) is 1. The molecule has 2 aromatic heterocycles. The molecule has 0 aliphatic rings. The molecular weight excluding hydrogens is 570 g/mol. The molecule has 2 heterocycles. The Bertz CT molecular complexity index is 1750. The maximum Gasteiger partial charge on any atom is 0.108 e. The second kappa shape index (κ2) is 15.9. The molecule has 4 aromatic carbocycles. The first-order valence-electron chi connectivity index (χ1n) is 16.0. The Morgan fingerprint density at radius 2 is 1.00 bits per heavy atom. The quantitative estimate of drug-likeness (QED) is 0.134. The van der Waals surface area contributed by atoms with Gasteiger partial charge in [-0.1, -0.05) is 120 Å². The molecule has 0 fully saturated rings. The second-order valence-electron chi connectivity index (χ2n) is 11.8. The lowest BCUT2D eigenvalue weighted by Gasteiger charge is -2.13. The van der Waals surface area contributed by atoms with Gasteiger partial charge in [0.15, 0.2) is 0 Å². The summed E-state index contributed by atoms with van der Waals surface area (Å²) in [6, 6.07) is 38.2. The summed E-state index contributed by atoms with van der Waals surface area (Å²) in [6.07, 6.45) is 8.81. The number of benzene rings is 4. The maximum atomic E-state index is 6.43. The van der Waals surface area contributed by atoms with Crippen molar-refractivity contribution in [3.05, 3.63) is 166 Å². The highest BCUT2D eigenvalue weighted by molar-refractivity contribution is 5.33. The van der Waals surface area contributed by atoms with Crippen LogP contribution in [0.4, 0.5) is 0 Å². The van der Waals surface area contributed by atoms with E-state index < -0.39 is 0 Å². The largest absolute Gasteiger partial charge is 0.369 e. The van der Waals surface area contributed by atoms with Gasteiger partial charge in [-0.2, -0.15) is 0 Å². The zero-order valence-corrected chi connectivity index (χ0v) is 26.2. The SMILES string of the molecule is N[C@@H](c1ccccc1)c1ccc(CCCn2cc(COCc3cn(CCCc4ccc(Cc5ccccc5)cc4)nn3)nn2)cc1. The van der Waals surface area contributed by atoms with Crippen LogP contribution >= 0.6 is 0 Å². The Balaban J connectivity index is 0.861. The number of rotatable bonds is 16. The van der Waals surface area contributed by atoms with Crippen molar-refractivity contribution in [3.63, 3.8) is 0 Å². The molecule has 6 aromatic rings. The van der Waals surface area contributed by atoms with Crippen LogP contribution in [0.25, 0.3) is 0 Å². The zero-order valence-electron chi connectivity index (χ0n) is 26.2. The molecule has 46 heavy (non-hydrogen) atoms. The molecule has 0 aliphatic carbocycles. The third kappa shape index (κ3) is 9.06. The molecule has 234 valence electrons. The molecule has 0 saturated carbocycles. The minimum atomic E-state index is -0.108. The summed E-state index contributed by atoms with van der Waals surface area (Å²) in [7, 11) is 0. The van der Waals surface area contributed by atoms with E-state index in [2.05, 4.69) is 112 Å². The van der Waals surface area contributed by atoms with Crippen LogP contribution in [0.15, 0.2) is 122 Å². The average Bonchev–Trinajstić information content (AvgIpc) is 3.76. The molecule has 6 rings (SSSR count). The van der Waals surface area contributed by atoms with E-state index in [0.29, 0.717) is 13.2 Å². The van der Waals surface area contributed by atoms with Gasteiger partial charge in [0.25, 0.3) is 0 Å². The molecule has 0 unspecified atom stereocenters. The van der Waals surface area contributed by atoms with E-state index in [-0.39, 0.29) is 6.04 Å². The molecule has 8 heteroatoms. The monoisotopic (exact) mass is 611 g/mol. The number of nitrogens with two attached hydrogens (primary N) is 1. The summed E-state index contributed by atoms with van der Waals surface area (Å²) < 4.78 is 9.63. The fraction of sp³-hybridized carbons (Fsp3) is 0.263. The van der Waals surface area contributed by atoms with Gasteiger partial charge in [-0.3, -0.25) is 9.36 Å². The fourth-order valence-corrected chi connectivity index (χ4v) is 5.58. The van der Waals surface area contributed by atoms with E-state index in [4.69, 9.17) is 10.5 Å². The first-order chi connectivity index (χ1) is 22.7. The molecule has 0 saturated heterocycles. The van der Waals surface area contributed by atoms with E-state index in [1.807, 2.05) is 40.0 Å². The van der Waals surface area contributed by atoms with Crippen LogP contribution < -0.4 is 5.73 Å². The van der Waals surface area contributed by atoms with E-state index in [1.165, 1.54) is 22.3 Å². The van der Waals surface area contributed by atoms with Gasteiger partial charge in [0.05, 0.1) is 31.6 Å². The van der Waals surface area contributed by atoms with E-state index in [1.54, 1.807) is 0 Å². The Hall–Kier alpha value is -4.92. The number of hydrogen-bond donors (Lipinski definition) is 1. The standard InChI is InChI=1S/C38H41N7O/c39-38(34-13-5-2-6-14-34)35-21-19-31(20-22-35)12-8-24-45-27-37(41-43-45)29-46-28-36-26-44(42-40-36)23-7-11-30-15-17-33(18-16-30)25-32-9-3-1-4-10-32/h1-6,9-10,13-22,26-27,38H,7-8,11-12,23-25,28-29,39H2/t38-/m0/s1. The van der Waals surface area contributed by atoms with Crippen LogP contribution in [-0.2, 0) is 50.3 Å². The third-order valence-electron chi connectivity index (χ3n) is 8.15. The molecule has 0 aliphatic heterocycles. The summed E-state index contributed by atoms with van der Waals surface area (Å²) in [5.74, 6) is 0. The van der Waals surface area contributed by atoms with Gasteiger partial charge in [-0.25, -0.2) is 0 Å².